The number of hydrogen-bond donors (Lipinski definition) is 1. The lowest BCUT2D eigenvalue weighted by Gasteiger charge is -1.91. The van der Waals surface area contributed by atoms with Gasteiger partial charge in [-0.25, -0.2) is 0 Å². The van der Waals surface area contributed by atoms with Gasteiger partial charge in [0.05, 0.1) is 0 Å². The summed E-state index contributed by atoms with van der Waals surface area (Å²) in [7, 11) is 0. The normalized spacial score (nSPS) is 10.9. The highest BCUT2D eigenvalue weighted by Crippen LogP contribution is 2.30. The van der Waals surface area contributed by atoms with Crippen LogP contribution in [-0.2, 0) is 5.75 Å². The summed E-state index contributed by atoms with van der Waals surface area (Å²) in [6.45, 7) is 2.17. The van der Waals surface area contributed by atoms with E-state index in [0.717, 1.165) is 16.9 Å². The molecule has 0 amide bonds. The second-order valence-electron chi connectivity index (χ2n) is 3.07. The molecule has 1 aromatic heterocycles. The summed E-state index contributed by atoms with van der Waals surface area (Å²) in [5, 5.41) is 10.5. The molecule has 0 radical (unpaired) electrons. The zero-order valence-electron chi connectivity index (χ0n) is 7.99. The number of benzene rings is 1. The molecule has 0 saturated heterocycles. The summed E-state index contributed by atoms with van der Waals surface area (Å²) in [5.74, 6) is 2.58. The molecule has 0 fully saturated rings. The Morgan fingerprint density at radius 3 is 3.00 bits per heavy atom. The van der Waals surface area contributed by atoms with Gasteiger partial charge >= 0.3 is 0 Å². The third-order valence-electron chi connectivity index (χ3n) is 2.00. The van der Waals surface area contributed by atoms with Crippen molar-refractivity contribution in [2.24, 2.45) is 0 Å². The second-order valence-corrected chi connectivity index (χ2v) is 5.51. The van der Waals surface area contributed by atoms with Crippen LogP contribution in [0.4, 0.5) is 0 Å². The van der Waals surface area contributed by atoms with Gasteiger partial charge in [-0.15, -0.1) is 11.3 Å². The number of thioether (sulfide) groups is 1. The summed E-state index contributed by atoms with van der Waals surface area (Å²) in [4.78, 5) is 1.39. The Labute approximate surface area is 91.8 Å². The van der Waals surface area contributed by atoms with Crippen molar-refractivity contribution < 1.29 is 5.11 Å². The maximum atomic E-state index is 9.31. The van der Waals surface area contributed by atoms with Crippen molar-refractivity contribution in [2.75, 3.05) is 5.75 Å². The van der Waals surface area contributed by atoms with Crippen LogP contribution in [0.25, 0.3) is 10.1 Å². The molecule has 1 N–H and O–H groups in total. The predicted octanol–water partition coefficient (Wildman–Crippen LogP) is 3.86. The molecule has 2 aromatic rings. The van der Waals surface area contributed by atoms with Crippen LogP contribution in [0.15, 0.2) is 24.3 Å². The molecule has 14 heavy (non-hydrogen) atoms. The van der Waals surface area contributed by atoms with Gasteiger partial charge in [0.25, 0.3) is 0 Å². The summed E-state index contributed by atoms with van der Waals surface area (Å²) in [6.07, 6.45) is 0. The fraction of sp³-hybridized carbons (Fsp3) is 0.273. The fourth-order valence-corrected chi connectivity index (χ4v) is 3.17. The molecular formula is C11H12OS2. The minimum absolute atomic E-state index is 0.352. The molecule has 74 valence electrons. The molecule has 0 spiro atoms. The number of fused-ring (bicyclic) bond motifs is 1. The summed E-state index contributed by atoms with van der Waals surface area (Å²) >= 11 is 3.74. The van der Waals surface area contributed by atoms with Crippen LogP contribution in [0, 0.1) is 0 Å². The second kappa shape index (κ2) is 4.24. The average Bonchev–Trinajstić information content (AvgIpc) is 2.56. The van der Waals surface area contributed by atoms with E-state index in [9.17, 15) is 5.11 Å². The van der Waals surface area contributed by atoms with E-state index < -0.39 is 0 Å². The van der Waals surface area contributed by atoms with Crippen molar-refractivity contribution >= 4 is 33.2 Å². The van der Waals surface area contributed by atoms with Gasteiger partial charge in [-0.2, -0.15) is 11.8 Å². The van der Waals surface area contributed by atoms with E-state index >= 15 is 0 Å². The van der Waals surface area contributed by atoms with E-state index in [1.807, 2.05) is 35.2 Å². The van der Waals surface area contributed by atoms with Crippen LogP contribution in [0.1, 0.15) is 11.8 Å². The van der Waals surface area contributed by atoms with Crippen LogP contribution in [0.5, 0.6) is 5.75 Å². The van der Waals surface area contributed by atoms with Crippen molar-refractivity contribution in [1.82, 2.24) is 0 Å². The van der Waals surface area contributed by atoms with E-state index in [0.29, 0.717) is 5.75 Å². The first kappa shape index (κ1) is 9.87. The van der Waals surface area contributed by atoms with Gasteiger partial charge in [0, 0.05) is 15.3 Å². The van der Waals surface area contributed by atoms with E-state index in [1.54, 1.807) is 6.07 Å². The molecule has 0 atom stereocenters. The molecule has 0 bridgehead atoms. The standard InChI is InChI=1S/C11H12OS2/c1-2-13-7-10-6-8-5-9(12)3-4-11(8)14-10/h3-6,12H,2,7H2,1H3. The van der Waals surface area contributed by atoms with Crippen LogP contribution < -0.4 is 0 Å². The van der Waals surface area contributed by atoms with E-state index in [2.05, 4.69) is 13.0 Å². The number of thiophene rings is 1. The topological polar surface area (TPSA) is 20.2 Å². The molecule has 1 heterocycles. The Hall–Kier alpha value is -0.670. The van der Waals surface area contributed by atoms with Gasteiger partial charge in [-0.3, -0.25) is 0 Å². The van der Waals surface area contributed by atoms with Gasteiger partial charge in [0.1, 0.15) is 5.75 Å². The van der Waals surface area contributed by atoms with Crippen LogP contribution in [0.2, 0.25) is 0 Å². The smallest absolute Gasteiger partial charge is 0.116 e. The van der Waals surface area contributed by atoms with Crippen LogP contribution >= 0.6 is 23.1 Å². The zero-order chi connectivity index (χ0) is 9.97. The van der Waals surface area contributed by atoms with E-state index in [-0.39, 0.29) is 0 Å². The lowest BCUT2D eigenvalue weighted by atomic mass is 10.2. The van der Waals surface area contributed by atoms with E-state index in [1.165, 1.54) is 9.58 Å². The predicted molar refractivity (Wildman–Crippen MR) is 65.3 cm³/mol. The number of hydrogen-bond acceptors (Lipinski definition) is 3. The van der Waals surface area contributed by atoms with Gasteiger partial charge in [-0.1, -0.05) is 6.92 Å². The van der Waals surface area contributed by atoms with E-state index in [4.69, 9.17) is 0 Å². The number of aromatic hydroxyl groups is 1. The third kappa shape index (κ3) is 2.04. The Bertz CT molecular complexity index is 434. The quantitative estimate of drug-likeness (QED) is 0.854. The monoisotopic (exact) mass is 224 g/mol. The zero-order valence-corrected chi connectivity index (χ0v) is 9.62. The first-order valence-electron chi connectivity index (χ1n) is 4.59. The largest absolute Gasteiger partial charge is 0.508 e. The highest BCUT2D eigenvalue weighted by Gasteiger charge is 2.01. The van der Waals surface area contributed by atoms with Gasteiger partial charge in [0.15, 0.2) is 0 Å². The highest BCUT2D eigenvalue weighted by molar-refractivity contribution is 7.98. The number of phenolic OH excluding ortho intramolecular Hbond substituents is 1. The van der Waals surface area contributed by atoms with Gasteiger partial charge in [-0.05, 0) is 35.4 Å². The molecule has 0 aliphatic rings. The first-order chi connectivity index (χ1) is 6.79. The minimum atomic E-state index is 0.352. The molecule has 0 unspecified atom stereocenters. The fourth-order valence-electron chi connectivity index (χ4n) is 1.36. The maximum absolute atomic E-state index is 9.31. The lowest BCUT2D eigenvalue weighted by Crippen LogP contribution is -1.71. The summed E-state index contributed by atoms with van der Waals surface area (Å²) < 4.78 is 1.26. The summed E-state index contributed by atoms with van der Waals surface area (Å²) in [6, 6.07) is 7.72. The molecule has 1 aromatic carbocycles. The lowest BCUT2D eigenvalue weighted by molar-refractivity contribution is 0.476. The third-order valence-corrected chi connectivity index (χ3v) is 4.22. The maximum Gasteiger partial charge on any atom is 0.116 e. The highest BCUT2D eigenvalue weighted by atomic mass is 32.2. The SMILES string of the molecule is CCSCc1cc2cc(O)ccc2s1. The molecule has 0 aliphatic carbocycles. The Kier molecular flexibility index (Phi) is 2.99. The summed E-state index contributed by atoms with van der Waals surface area (Å²) in [5.41, 5.74) is 0. The molecule has 0 saturated carbocycles. The van der Waals surface area contributed by atoms with Crippen molar-refractivity contribution in [2.45, 2.75) is 12.7 Å². The van der Waals surface area contributed by atoms with Crippen LogP contribution in [0.3, 0.4) is 0 Å². The van der Waals surface area contributed by atoms with Crippen molar-refractivity contribution in [3.05, 3.63) is 29.1 Å². The molecular weight excluding hydrogens is 212 g/mol. The van der Waals surface area contributed by atoms with Gasteiger partial charge in [0.2, 0.25) is 0 Å². The van der Waals surface area contributed by atoms with Crippen molar-refractivity contribution in [3.8, 4) is 5.75 Å². The minimum Gasteiger partial charge on any atom is -0.508 e. The Morgan fingerprint density at radius 2 is 2.21 bits per heavy atom. The molecule has 1 nitrogen and oxygen atoms in total. The molecule has 2 rings (SSSR count). The average molecular weight is 224 g/mol. The Morgan fingerprint density at radius 1 is 1.36 bits per heavy atom. The number of phenols is 1. The van der Waals surface area contributed by atoms with Crippen LogP contribution in [-0.4, -0.2) is 10.9 Å². The molecule has 3 heteroatoms. The Balaban J connectivity index is 2.32. The van der Waals surface area contributed by atoms with Crippen molar-refractivity contribution in [3.63, 3.8) is 0 Å². The van der Waals surface area contributed by atoms with Crippen molar-refractivity contribution in [1.29, 1.82) is 0 Å². The first-order valence-corrected chi connectivity index (χ1v) is 6.56. The van der Waals surface area contributed by atoms with Gasteiger partial charge < -0.3 is 5.11 Å². The molecule has 0 aliphatic heterocycles. The number of rotatable bonds is 3.